The van der Waals surface area contributed by atoms with Crippen LogP contribution in [0.25, 0.3) is 11.5 Å². The Bertz CT molecular complexity index is 486. The summed E-state index contributed by atoms with van der Waals surface area (Å²) in [5.41, 5.74) is 0.882. The Morgan fingerprint density at radius 3 is 3.06 bits per heavy atom. The lowest BCUT2D eigenvalue weighted by Crippen LogP contribution is -2.05. The largest absolute Gasteiger partial charge is 0.369 e. The first-order valence-electron chi connectivity index (χ1n) is 5.29. The Morgan fingerprint density at radius 1 is 1.47 bits per heavy atom. The maximum Gasteiger partial charge on any atom is 0.258 e. The molecule has 0 bridgehead atoms. The predicted molar refractivity (Wildman–Crippen MR) is 69.1 cm³/mol. The molecule has 0 amide bonds. The van der Waals surface area contributed by atoms with Crippen LogP contribution in [0, 0.1) is 6.92 Å². The highest BCUT2D eigenvalue weighted by molar-refractivity contribution is 7.98. The highest BCUT2D eigenvalue weighted by Gasteiger charge is 2.06. The molecule has 0 aliphatic rings. The van der Waals surface area contributed by atoms with Crippen LogP contribution in [-0.4, -0.2) is 33.7 Å². The fourth-order valence-electron chi connectivity index (χ4n) is 1.36. The molecule has 6 heteroatoms. The summed E-state index contributed by atoms with van der Waals surface area (Å²) >= 11 is 1.79. The molecular weight excluding hydrogens is 236 g/mol. The second kappa shape index (κ2) is 5.67. The quantitative estimate of drug-likeness (QED) is 0.821. The molecule has 2 heterocycles. The van der Waals surface area contributed by atoms with E-state index in [1.807, 2.05) is 12.1 Å². The fourth-order valence-corrected chi connectivity index (χ4v) is 1.66. The second-order valence-electron chi connectivity index (χ2n) is 3.50. The van der Waals surface area contributed by atoms with Gasteiger partial charge < -0.3 is 9.84 Å². The average Bonchev–Trinajstić information content (AvgIpc) is 2.77. The fraction of sp³-hybridized carbons (Fsp3) is 0.364. The van der Waals surface area contributed by atoms with Gasteiger partial charge in [0.2, 0.25) is 0 Å². The van der Waals surface area contributed by atoms with Crippen molar-refractivity contribution in [2.45, 2.75) is 6.92 Å². The van der Waals surface area contributed by atoms with Gasteiger partial charge in [-0.25, -0.2) is 4.98 Å². The Balaban J connectivity index is 2.11. The normalized spacial score (nSPS) is 10.5. The third kappa shape index (κ3) is 3.20. The molecule has 0 spiro atoms. The van der Waals surface area contributed by atoms with Gasteiger partial charge in [-0.15, -0.1) is 0 Å². The zero-order valence-electron chi connectivity index (χ0n) is 9.80. The molecule has 5 nitrogen and oxygen atoms in total. The van der Waals surface area contributed by atoms with Gasteiger partial charge in [0.1, 0.15) is 5.82 Å². The van der Waals surface area contributed by atoms with Crippen molar-refractivity contribution >= 4 is 17.6 Å². The number of pyridine rings is 1. The van der Waals surface area contributed by atoms with Crippen molar-refractivity contribution in [2.24, 2.45) is 0 Å². The zero-order valence-corrected chi connectivity index (χ0v) is 10.6. The van der Waals surface area contributed by atoms with Crippen LogP contribution in [0.5, 0.6) is 0 Å². The SMILES string of the molecule is CSCCNc1cc(-c2nc(C)no2)ccn1. The zero-order chi connectivity index (χ0) is 12.1. The molecule has 0 atom stereocenters. The summed E-state index contributed by atoms with van der Waals surface area (Å²) in [7, 11) is 0. The van der Waals surface area contributed by atoms with E-state index in [9.17, 15) is 0 Å². The van der Waals surface area contributed by atoms with E-state index in [1.165, 1.54) is 0 Å². The predicted octanol–water partition coefficient (Wildman–Crippen LogP) is 2.21. The standard InChI is InChI=1S/C11H14N4OS/c1-8-14-11(16-15-8)9-3-4-12-10(7-9)13-5-6-17-2/h3-4,7H,5-6H2,1-2H3,(H,12,13). The molecule has 0 aromatic carbocycles. The van der Waals surface area contributed by atoms with Gasteiger partial charge in [0, 0.05) is 24.1 Å². The third-order valence-electron chi connectivity index (χ3n) is 2.15. The Labute approximate surface area is 104 Å². The van der Waals surface area contributed by atoms with Gasteiger partial charge in [-0.05, 0) is 25.3 Å². The molecule has 0 unspecified atom stereocenters. The summed E-state index contributed by atoms with van der Waals surface area (Å²) in [6.07, 6.45) is 3.81. The van der Waals surface area contributed by atoms with Gasteiger partial charge >= 0.3 is 0 Å². The van der Waals surface area contributed by atoms with Crippen LogP contribution < -0.4 is 5.32 Å². The summed E-state index contributed by atoms with van der Waals surface area (Å²) < 4.78 is 5.11. The minimum atomic E-state index is 0.526. The lowest BCUT2D eigenvalue weighted by atomic mass is 10.2. The molecule has 0 aliphatic heterocycles. The van der Waals surface area contributed by atoms with E-state index in [1.54, 1.807) is 24.9 Å². The van der Waals surface area contributed by atoms with Gasteiger partial charge in [-0.1, -0.05) is 5.16 Å². The van der Waals surface area contributed by atoms with Crippen molar-refractivity contribution in [3.8, 4) is 11.5 Å². The Morgan fingerprint density at radius 2 is 2.35 bits per heavy atom. The molecule has 1 N–H and O–H groups in total. The van der Waals surface area contributed by atoms with Crippen LogP contribution >= 0.6 is 11.8 Å². The molecule has 0 aliphatic carbocycles. The smallest absolute Gasteiger partial charge is 0.258 e. The number of aromatic nitrogens is 3. The number of anilines is 1. The maximum atomic E-state index is 5.11. The van der Waals surface area contributed by atoms with Crippen molar-refractivity contribution < 1.29 is 4.52 Å². The minimum Gasteiger partial charge on any atom is -0.369 e. The van der Waals surface area contributed by atoms with E-state index < -0.39 is 0 Å². The Kier molecular flexibility index (Phi) is 3.98. The first kappa shape index (κ1) is 11.9. The molecule has 0 saturated heterocycles. The lowest BCUT2D eigenvalue weighted by Gasteiger charge is -2.04. The van der Waals surface area contributed by atoms with E-state index in [4.69, 9.17) is 4.52 Å². The average molecular weight is 250 g/mol. The third-order valence-corrected chi connectivity index (χ3v) is 2.76. The molecule has 2 aromatic heterocycles. The highest BCUT2D eigenvalue weighted by atomic mass is 32.2. The number of thioether (sulfide) groups is 1. The van der Waals surface area contributed by atoms with Gasteiger partial charge in [0.25, 0.3) is 5.89 Å². The van der Waals surface area contributed by atoms with Gasteiger partial charge in [-0.3, -0.25) is 0 Å². The molecule has 0 saturated carbocycles. The van der Waals surface area contributed by atoms with Crippen LogP contribution in [-0.2, 0) is 0 Å². The molecule has 2 rings (SSSR count). The van der Waals surface area contributed by atoms with Crippen molar-refractivity contribution in [1.82, 2.24) is 15.1 Å². The number of hydrogen-bond acceptors (Lipinski definition) is 6. The van der Waals surface area contributed by atoms with Crippen molar-refractivity contribution in [2.75, 3.05) is 23.9 Å². The Hall–Kier alpha value is -1.56. The molecule has 90 valence electrons. The molecule has 0 radical (unpaired) electrons. The van der Waals surface area contributed by atoms with Crippen molar-refractivity contribution in [1.29, 1.82) is 0 Å². The van der Waals surface area contributed by atoms with Gasteiger partial charge in [-0.2, -0.15) is 16.7 Å². The van der Waals surface area contributed by atoms with Crippen molar-refractivity contribution in [3.63, 3.8) is 0 Å². The molecule has 0 fully saturated rings. The summed E-state index contributed by atoms with van der Waals surface area (Å²) in [5.74, 6) is 3.03. The lowest BCUT2D eigenvalue weighted by molar-refractivity contribution is 0.425. The number of nitrogens with one attached hydrogen (secondary N) is 1. The van der Waals surface area contributed by atoms with E-state index in [0.717, 1.165) is 23.7 Å². The maximum absolute atomic E-state index is 5.11. The summed E-state index contributed by atoms with van der Waals surface area (Å²) in [5, 5.41) is 7.01. The summed E-state index contributed by atoms with van der Waals surface area (Å²) in [6.45, 7) is 2.69. The molecular formula is C11H14N4OS. The number of nitrogens with zero attached hydrogens (tertiary/aromatic N) is 3. The monoisotopic (exact) mass is 250 g/mol. The van der Waals surface area contributed by atoms with Crippen LogP contribution in [0.4, 0.5) is 5.82 Å². The van der Waals surface area contributed by atoms with E-state index >= 15 is 0 Å². The number of aryl methyl sites for hydroxylation is 1. The van der Waals surface area contributed by atoms with E-state index in [0.29, 0.717) is 11.7 Å². The molecule has 2 aromatic rings. The number of rotatable bonds is 5. The minimum absolute atomic E-state index is 0.526. The van der Waals surface area contributed by atoms with Gasteiger partial charge in [0.05, 0.1) is 0 Å². The summed E-state index contributed by atoms with van der Waals surface area (Å²) in [4.78, 5) is 8.41. The summed E-state index contributed by atoms with van der Waals surface area (Å²) in [6, 6.07) is 3.76. The van der Waals surface area contributed by atoms with Crippen LogP contribution in [0.2, 0.25) is 0 Å². The van der Waals surface area contributed by atoms with Crippen LogP contribution in [0.3, 0.4) is 0 Å². The van der Waals surface area contributed by atoms with Crippen LogP contribution in [0.1, 0.15) is 5.82 Å². The highest BCUT2D eigenvalue weighted by Crippen LogP contribution is 2.18. The number of hydrogen-bond donors (Lipinski definition) is 1. The van der Waals surface area contributed by atoms with Gasteiger partial charge in [0.15, 0.2) is 5.82 Å². The first-order valence-corrected chi connectivity index (χ1v) is 6.68. The van der Waals surface area contributed by atoms with E-state index in [-0.39, 0.29) is 0 Å². The topological polar surface area (TPSA) is 63.8 Å². The molecule has 17 heavy (non-hydrogen) atoms. The first-order chi connectivity index (χ1) is 8.29. The second-order valence-corrected chi connectivity index (χ2v) is 4.48. The van der Waals surface area contributed by atoms with Crippen molar-refractivity contribution in [3.05, 3.63) is 24.2 Å². The van der Waals surface area contributed by atoms with E-state index in [2.05, 4.69) is 26.7 Å². The van der Waals surface area contributed by atoms with Crippen LogP contribution in [0.15, 0.2) is 22.9 Å².